The molecule has 1 unspecified atom stereocenters. The molecular weight excluding hydrogens is 287 g/mol. The zero-order valence-electron chi connectivity index (χ0n) is 11.5. The van der Waals surface area contributed by atoms with Crippen LogP contribution in [0.2, 0.25) is 5.02 Å². The average Bonchev–Trinajstić information content (AvgIpc) is 2.50. The van der Waals surface area contributed by atoms with E-state index >= 15 is 0 Å². The highest BCUT2D eigenvalue weighted by Crippen LogP contribution is 2.27. The van der Waals surface area contributed by atoms with E-state index in [4.69, 9.17) is 11.6 Å². The molecule has 2 aromatic carbocycles. The number of halogens is 2. The zero-order chi connectivity index (χ0) is 14.8. The van der Waals surface area contributed by atoms with Gasteiger partial charge in [0.05, 0.1) is 16.2 Å². The number of hydrogen-bond acceptors (Lipinski definition) is 2. The number of para-hydroxylation sites is 1. The van der Waals surface area contributed by atoms with Crippen LogP contribution in [-0.2, 0) is 0 Å². The summed E-state index contributed by atoms with van der Waals surface area (Å²) in [6, 6.07) is 14.7. The summed E-state index contributed by atoms with van der Waals surface area (Å²) in [5.41, 5.74) is 2.67. The quantitative estimate of drug-likeness (QED) is 0.719. The molecule has 0 spiro atoms. The molecule has 0 bridgehead atoms. The third-order valence-electron chi connectivity index (χ3n) is 3.45. The first kappa shape index (κ1) is 13.8. The van der Waals surface area contributed by atoms with Crippen LogP contribution in [0.1, 0.15) is 18.5 Å². The Morgan fingerprint density at radius 1 is 1.14 bits per heavy atom. The maximum absolute atomic E-state index is 13.6. The van der Waals surface area contributed by atoms with Crippen LogP contribution >= 0.6 is 11.6 Å². The van der Waals surface area contributed by atoms with Gasteiger partial charge in [-0.05, 0) is 36.8 Å². The highest BCUT2D eigenvalue weighted by molar-refractivity contribution is 6.30. The molecule has 3 rings (SSSR count). The highest BCUT2D eigenvalue weighted by Gasteiger charge is 2.10. The summed E-state index contributed by atoms with van der Waals surface area (Å²) in [6.07, 6.45) is 1.76. The molecular formula is C17H14ClFN2. The van der Waals surface area contributed by atoms with Crippen molar-refractivity contribution in [2.45, 2.75) is 13.0 Å². The number of nitrogens with zero attached hydrogens (tertiary/aromatic N) is 1. The molecule has 0 aliphatic carbocycles. The minimum Gasteiger partial charge on any atom is -0.377 e. The van der Waals surface area contributed by atoms with Crippen molar-refractivity contribution in [3.05, 3.63) is 71.1 Å². The van der Waals surface area contributed by atoms with Gasteiger partial charge in [0.2, 0.25) is 0 Å². The first-order valence-electron chi connectivity index (χ1n) is 6.70. The van der Waals surface area contributed by atoms with Crippen LogP contribution in [0, 0.1) is 5.82 Å². The number of aromatic nitrogens is 1. The normalized spacial score (nSPS) is 12.3. The predicted octanol–water partition coefficient (Wildman–Crippen LogP) is 5.20. The molecule has 1 N–H and O–H groups in total. The second-order valence-electron chi connectivity index (χ2n) is 4.92. The van der Waals surface area contributed by atoms with Crippen LogP contribution in [0.4, 0.5) is 10.1 Å². The summed E-state index contributed by atoms with van der Waals surface area (Å²) in [7, 11) is 0. The highest BCUT2D eigenvalue weighted by atomic mass is 35.5. The molecule has 1 heterocycles. The van der Waals surface area contributed by atoms with Gasteiger partial charge in [-0.2, -0.15) is 0 Å². The topological polar surface area (TPSA) is 24.9 Å². The molecule has 106 valence electrons. The van der Waals surface area contributed by atoms with E-state index in [0.717, 1.165) is 22.2 Å². The summed E-state index contributed by atoms with van der Waals surface area (Å²) in [6.45, 7) is 1.98. The van der Waals surface area contributed by atoms with Gasteiger partial charge < -0.3 is 5.32 Å². The molecule has 2 nitrogen and oxygen atoms in total. The molecule has 0 radical (unpaired) electrons. The molecule has 3 aromatic rings. The van der Waals surface area contributed by atoms with E-state index in [-0.39, 0.29) is 11.1 Å². The molecule has 0 saturated carbocycles. The minimum absolute atomic E-state index is 0.0515. The van der Waals surface area contributed by atoms with Crippen molar-refractivity contribution in [2.24, 2.45) is 0 Å². The number of hydrogen-bond donors (Lipinski definition) is 1. The maximum atomic E-state index is 13.6. The largest absolute Gasteiger partial charge is 0.377 e. The van der Waals surface area contributed by atoms with Gasteiger partial charge >= 0.3 is 0 Å². The first-order chi connectivity index (χ1) is 10.1. The second-order valence-corrected chi connectivity index (χ2v) is 5.33. The molecule has 0 fully saturated rings. The summed E-state index contributed by atoms with van der Waals surface area (Å²) in [5.74, 6) is -0.404. The lowest BCUT2D eigenvalue weighted by atomic mass is 10.1. The van der Waals surface area contributed by atoms with Gasteiger partial charge in [-0.1, -0.05) is 35.9 Å². The molecule has 1 atom stereocenters. The van der Waals surface area contributed by atoms with Gasteiger partial charge in [0, 0.05) is 17.6 Å². The van der Waals surface area contributed by atoms with Crippen LogP contribution in [0.5, 0.6) is 0 Å². The SMILES string of the molecule is CC(Nc1cccc2cccnc12)c1ccc(Cl)c(F)c1. The maximum Gasteiger partial charge on any atom is 0.142 e. The Bertz CT molecular complexity index is 783. The number of pyridine rings is 1. The third kappa shape index (κ3) is 2.83. The number of nitrogens with one attached hydrogen (secondary N) is 1. The second kappa shape index (κ2) is 5.70. The molecule has 1 aromatic heterocycles. The fourth-order valence-corrected chi connectivity index (χ4v) is 2.44. The van der Waals surface area contributed by atoms with E-state index in [0.29, 0.717) is 0 Å². The van der Waals surface area contributed by atoms with E-state index in [9.17, 15) is 4.39 Å². The van der Waals surface area contributed by atoms with Crippen molar-refractivity contribution in [2.75, 3.05) is 5.32 Å². The third-order valence-corrected chi connectivity index (χ3v) is 3.75. The lowest BCUT2D eigenvalue weighted by molar-refractivity contribution is 0.624. The molecule has 0 aliphatic heterocycles. The Hall–Kier alpha value is -2.13. The van der Waals surface area contributed by atoms with Crippen LogP contribution in [0.15, 0.2) is 54.7 Å². The molecule has 21 heavy (non-hydrogen) atoms. The first-order valence-corrected chi connectivity index (χ1v) is 7.08. The van der Waals surface area contributed by atoms with Gasteiger partial charge in [0.25, 0.3) is 0 Å². The number of rotatable bonds is 3. The Labute approximate surface area is 127 Å². The van der Waals surface area contributed by atoms with Crippen molar-refractivity contribution in [3.63, 3.8) is 0 Å². The Kier molecular flexibility index (Phi) is 3.76. The van der Waals surface area contributed by atoms with Crippen molar-refractivity contribution in [3.8, 4) is 0 Å². The van der Waals surface area contributed by atoms with Crippen molar-refractivity contribution >= 4 is 28.2 Å². The molecule has 0 aliphatic rings. The predicted molar refractivity (Wildman–Crippen MR) is 85.2 cm³/mol. The molecule has 0 amide bonds. The van der Waals surface area contributed by atoms with Gasteiger partial charge in [-0.3, -0.25) is 4.98 Å². The van der Waals surface area contributed by atoms with E-state index in [1.165, 1.54) is 6.07 Å². The van der Waals surface area contributed by atoms with E-state index in [1.807, 2.05) is 43.3 Å². The van der Waals surface area contributed by atoms with Crippen molar-refractivity contribution in [1.82, 2.24) is 4.98 Å². The van der Waals surface area contributed by atoms with Gasteiger partial charge in [0.15, 0.2) is 0 Å². The van der Waals surface area contributed by atoms with E-state index < -0.39 is 5.82 Å². The summed E-state index contributed by atoms with van der Waals surface area (Å²) < 4.78 is 13.6. The lowest BCUT2D eigenvalue weighted by Gasteiger charge is -2.17. The fraction of sp³-hybridized carbons (Fsp3) is 0.118. The Morgan fingerprint density at radius 3 is 2.76 bits per heavy atom. The Morgan fingerprint density at radius 2 is 1.95 bits per heavy atom. The zero-order valence-corrected chi connectivity index (χ0v) is 12.2. The average molecular weight is 301 g/mol. The molecule has 0 saturated heterocycles. The minimum atomic E-state index is -0.404. The van der Waals surface area contributed by atoms with Gasteiger partial charge in [0.1, 0.15) is 5.82 Å². The number of benzene rings is 2. The number of fused-ring (bicyclic) bond motifs is 1. The number of anilines is 1. The smallest absolute Gasteiger partial charge is 0.142 e. The van der Waals surface area contributed by atoms with E-state index in [1.54, 1.807) is 12.3 Å². The summed E-state index contributed by atoms with van der Waals surface area (Å²) >= 11 is 5.72. The van der Waals surface area contributed by atoms with Gasteiger partial charge in [-0.25, -0.2) is 4.39 Å². The van der Waals surface area contributed by atoms with Gasteiger partial charge in [-0.15, -0.1) is 0 Å². The van der Waals surface area contributed by atoms with Crippen LogP contribution in [0.25, 0.3) is 10.9 Å². The molecule has 4 heteroatoms. The van der Waals surface area contributed by atoms with Crippen molar-refractivity contribution < 1.29 is 4.39 Å². The summed E-state index contributed by atoms with van der Waals surface area (Å²) in [5, 5.41) is 4.58. The van der Waals surface area contributed by atoms with Crippen molar-refractivity contribution in [1.29, 1.82) is 0 Å². The van der Waals surface area contributed by atoms with E-state index in [2.05, 4.69) is 10.3 Å². The van der Waals surface area contributed by atoms with Crippen LogP contribution < -0.4 is 5.32 Å². The summed E-state index contributed by atoms with van der Waals surface area (Å²) in [4.78, 5) is 4.40. The standard InChI is InChI=1S/C17H14ClFN2/c1-11(13-7-8-14(18)15(19)10-13)21-16-6-2-4-12-5-3-9-20-17(12)16/h2-11,21H,1H3. The Balaban J connectivity index is 1.92. The van der Waals surface area contributed by atoms with Crippen LogP contribution in [0.3, 0.4) is 0 Å². The van der Waals surface area contributed by atoms with Crippen LogP contribution in [-0.4, -0.2) is 4.98 Å². The fourth-order valence-electron chi connectivity index (χ4n) is 2.32. The monoisotopic (exact) mass is 300 g/mol. The lowest BCUT2D eigenvalue weighted by Crippen LogP contribution is -2.07.